The molecule has 14 atom stereocenters. The maximum atomic E-state index is 15.7. The summed E-state index contributed by atoms with van der Waals surface area (Å²) in [7, 11) is 0. The van der Waals surface area contributed by atoms with Gasteiger partial charge in [0.1, 0.15) is 48.9 Å². The van der Waals surface area contributed by atoms with Gasteiger partial charge in [0.15, 0.2) is 11.7 Å². The molecule has 550 valence electrons. The van der Waals surface area contributed by atoms with Gasteiger partial charge in [-0.3, -0.25) is 67.3 Å². The van der Waals surface area contributed by atoms with Crippen molar-refractivity contribution >= 4 is 82.7 Å². The van der Waals surface area contributed by atoms with Crippen molar-refractivity contribution in [3.05, 3.63) is 71.8 Å². The first-order valence-corrected chi connectivity index (χ1v) is 33.6. The quantitative estimate of drug-likeness (QED) is 0.0203. The van der Waals surface area contributed by atoms with Crippen LogP contribution in [0, 0.1) is 41.4 Å². The average molecular weight is 1390 g/mol. The first-order chi connectivity index (χ1) is 46.6. The van der Waals surface area contributed by atoms with Crippen molar-refractivity contribution in [2.24, 2.45) is 63.6 Å². The Morgan fingerprint density at radius 1 is 0.606 bits per heavy atom. The van der Waals surface area contributed by atoms with E-state index in [0.717, 1.165) is 6.92 Å². The van der Waals surface area contributed by atoms with Crippen LogP contribution in [0.3, 0.4) is 0 Å². The molecule has 19 N–H and O–H groups in total. The number of esters is 1. The summed E-state index contributed by atoms with van der Waals surface area (Å²) >= 11 is 0. The number of carbonyl (C=O) groups excluding carboxylic acids is 13. The highest BCUT2D eigenvalue weighted by molar-refractivity contribution is 6.00. The second-order valence-corrected chi connectivity index (χ2v) is 26.8. The second kappa shape index (κ2) is 42.0. The van der Waals surface area contributed by atoms with Gasteiger partial charge in [0.25, 0.3) is 0 Å². The largest absolute Gasteiger partial charge is 0.461 e. The standard InChI is InChI=1S/C68H106N14O17/c1-12-39(10)54-66(97)80-55(40(11)84)65(96)73-32-52(87)74-48(31-51(69)86)63(94)78-49(33-83)64(95)81-56(42-22-17-14-18-23-42)44(30-50(85)46(27-36(4)5)76-59(90)43(26-35(2)3)29-53(88)99-34-41-20-15-13-16-21-41)60(91)82-57(58(89)38(8)9)67(98)77-47(28-37(6)7)62(93)75-45(61(92)79-54)24-19-25-72-68(70)71/h13-18,20-23,35-40,43-49,54-58,83-84,89H,12,19,24-34H2,1-11H3,(H2,69,86)(H,73,96)(H,74,87)(H,75,93)(H,76,90)(H,77,98)(H,78,94)(H,79,92)(H,80,97)(H,81,95)(H,82,91)(H4,70,71,72)/t39-,40+,43-,44-,45+,46+,47-,48-,49-,54-,55-,56+,57-,58+/m0/s1. The summed E-state index contributed by atoms with van der Waals surface area (Å²) in [5.41, 5.74) is 17.5. The number of hydrogen-bond acceptors (Lipinski definition) is 18. The molecule has 1 saturated heterocycles. The molecule has 0 aromatic heterocycles. The molecule has 2 aromatic rings. The Bertz CT molecular complexity index is 3080. The number of nitrogens with one attached hydrogen (secondary N) is 10. The number of ketones is 1. The van der Waals surface area contributed by atoms with Crippen molar-refractivity contribution in [1.82, 2.24) is 53.2 Å². The summed E-state index contributed by atoms with van der Waals surface area (Å²) in [4.78, 5) is 190. The third kappa shape index (κ3) is 29.1. The topological polar surface area (TPSA) is 503 Å². The number of Topliss-reactive ketones (excluding diaryl/α,β-unsaturated/α-hetero) is 1. The molecule has 31 heteroatoms. The third-order valence-electron chi connectivity index (χ3n) is 16.5. The minimum Gasteiger partial charge on any atom is -0.461 e. The molecule has 1 aliphatic rings. The number of hydrogen-bond donors (Lipinski definition) is 16. The number of aliphatic hydroxyl groups excluding tert-OH is 3. The van der Waals surface area contributed by atoms with Crippen LogP contribution in [-0.4, -0.2) is 178 Å². The predicted molar refractivity (Wildman–Crippen MR) is 364 cm³/mol. The summed E-state index contributed by atoms with van der Waals surface area (Å²) < 4.78 is 5.54. The second-order valence-electron chi connectivity index (χ2n) is 26.8. The van der Waals surface area contributed by atoms with Gasteiger partial charge >= 0.3 is 5.97 Å². The monoisotopic (exact) mass is 1390 g/mol. The van der Waals surface area contributed by atoms with Crippen LogP contribution >= 0.6 is 0 Å². The van der Waals surface area contributed by atoms with E-state index >= 15 is 14.4 Å². The number of nitrogens with zero attached hydrogens (tertiary/aromatic N) is 1. The zero-order valence-corrected chi connectivity index (χ0v) is 58.6. The Kier molecular flexibility index (Phi) is 35.7. The van der Waals surface area contributed by atoms with Gasteiger partial charge in [0, 0.05) is 18.9 Å². The van der Waals surface area contributed by atoms with Crippen LogP contribution in [0.25, 0.3) is 0 Å². The fraction of sp³-hybridized carbons (Fsp3) is 0.618. The summed E-state index contributed by atoms with van der Waals surface area (Å²) in [5.74, 6) is -18.8. The van der Waals surface area contributed by atoms with E-state index in [0.29, 0.717) is 5.56 Å². The van der Waals surface area contributed by atoms with Crippen LogP contribution in [0.2, 0.25) is 0 Å². The van der Waals surface area contributed by atoms with Crippen molar-refractivity contribution in [2.75, 3.05) is 19.7 Å². The van der Waals surface area contributed by atoms with Crippen LogP contribution in [0.5, 0.6) is 0 Å². The number of amides is 11. The van der Waals surface area contributed by atoms with Gasteiger partial charge in [-0.15, -0.1) is 0 Å². The van der Waals surface area contributed by atoms with E-state index in [1.54, 1.807) is 77.9 Å². The maximum Gasteiger partial charge on any atom is 0.306 e. The van der Waals surface area contributed by atoms with Crippen LogP contribution in [0.4, 0.5) is 0 Å². The number of benzene rings is 2. The van der Waals surface area contributed by atoms with Gasteiger partial charge in [-0.1, -0.05) is 136 Å². The highest BCUT2D eigenvalue weighted by Gasteiger charge is 2.43. The van der Waals surface area contributed by atoms with Gasteiger partial charge in [-0.2, -0.15) is 0 Å². The average Bonchev–Trinajstić information content (AvgIpc) is 0.809. The van der Waals surface area contributed by atoms with E-state index < -0.39 is 193 Å². The highest BCUT2D eigenvalue weighted by atomic mass is 16.5. The Morgan fingerprint density at radius 3 is 1.71 bits per heavy atom. The van der Waals surface area contributed by atoms with E-state index in [1.165, 1.54) is 38.1 Å². The van der Waals surface area contributed by atoms with Crippen molar-refractivity contribution in [3.63, 3.8) is 0 Å². The molecule has 11 amide bonds. The van der Waals surface area contributed by atoms with Crippen LogP contribution in [-0.2, 0) is 73.7 Å². The normalized spacial score (nSPS) is 23.1. The van der Waals surface area contributed by atoms with E-state index in [-0.39, 0.29) is 87.4 Å². The van der Waals surface area contributed by atoms with Crippen molar-refractivity contribution in [2.45, 2.75) is 207 Å². The minimum absolute atomic E-state index is 0.0343. The smallest absolute Gasteiger partial charge is 0.306 e. The van der Waals surface area contributed by atoms with Gasteiger partial charge in [-0.25, -0.2) is 0 Å². The zero-order valence-electron chi connectivity index (χ0n) is 58.6. The molecule has 2 aromatic carbocycles. The Balaban J connectivity index is 2.39. The molecule has 1 aliphatic heterocycles. The minimum atomic E-state index is -1.99. The molecule has 1 fully saturated rings. The summed E-state index contributed by atoms with van der Waals surface area (Å²) in [6.45, 7) is 15.9. The number of aliphatic imine (C=N–C) groups is 1. The molecule has 0 unspecified atom stereocenters. The fourth-order valence-electron chi connectivity index (χ4n) is 10.9. The molecular weight excluding hydrogens is 1280 g/mol. The third-order valence-corrected chi connectivity index (χ3v) is 16.5. The van der Waals surface area contributed by atoms with Gasteiger partial charge in [0.2, 0.25) is 65.0 Å². The molecule has 0 spiro atoms. The first kappa shape index (κ1) is 84.1. The lowest BCUT2D eigenvalue weighted by Crippen LogP contribution is -2.62. The van der Waals surface area contributed by atoms with Gasteiger partial charge < -0.3 is 90.4 Å². The van der Waals surface area contributed by atoms with Crippen LogP contribution in [0.15, 0.2) is 65.7 Å². The van der Waals surface area contributed by atoms with Crippen LogP contribution < -0.4 is 70.4 Å². The fourth-order valence-corrected chi connectivity index (χ4v) is 10.9. The molecule has 0 radical (unpaired) electrons. The number of rotatable bonds is 28. The van der Waals surface area contributed by atoms with Gasteiger partial charge in [-0.05, 0) is 79.7 Å². The lowest BCUT2D eigenvalue weighted by Gasteiger charge is -2.34. The Hall–Kier alpha value is -9.10. The number of aliphatic hydroxyl groups is 3. The number of primary amides is 1. The molecule has 0 bridgehead atoms. The van der Waals surface area contributed by atoms with Crippen molar-refractivity contribution < 1.29 is 82.4 Å². The zero-order chi connectivity index (χ0) is 74.4. The lowest BCUT2D eigenvalue weighted by atomic mass is 9.84. The summed E-state index contributed by atoms with van der Waals surface area (Å²) in [5, 5.41) is 58.8. The molecule has 99 heavy (non-hydrogen) atoms. The maximum absolute atomic E-state index is 15.7. The molecule has 3 rings (SSSR count). The number of carbonyl (C=O) groups is 13. The van der Waals surface area contributed by atoms with Crippen molar-refractivity contribution in [3.8, 4) is 0 Å². The predicted octanol–water partition coefficient (Wildman–Crippen LogP) is -1.32. The van der Waals surface area contributed by atoms with E-state index in [2.05, 4.69) is 58.2 Å². The Morgan fingerprint density at radius 2 is 1.15 bits per heavy atom. The molecule has 0 aliphatic carbocycles. The van der Waals surface area contributed by atoms with E-state index in [9.17, 15) is 63.3 Å². The molecular formula is C68H106N14O17. The number of nitrogens with two attached hydrogens (primary N) is 3. The number of guanidine groups is 1. The first-order valence-electron chi connectivity index (χ1n) is 33.6. The lowest BCUT2D eigenvalue weighted by molar-refractivity contribution is -0.148. The SMILES string of the molecule is CC[C@H](C)[C@@H]1NC(=O)[C@@H](CCCN=C(N)N)NC(=O)[C@H](CC(C)C)NC(=O)[C@H]([C@H](O)C(C)C)NC(=O)[C@@H](CC(=O)[C@@H](CC(C)C)NC(=O)[C@H](CC(=O)OCc2ccccc2)CC(C)C)[C@@H](c2ccccc2)NC(=O)[C@H](CO)NC(=O)[C@H](CC(N)=O)NC(=O)CNC(=O)[C@H]([C@@H](C)O)NC1=O. The molecule has 0 saturated carbocycles. The molecule has 1 heterocycles. The van der Waals surface area contributed by atoms with Crippen LogP contribution in [0.1, 0.15) is 151 Å². The number of ether oxygens (including phenoxy) is 1. The summed E-state index contributed by atoms with van der Waals surface area (Å²) in [6.07, 6.45) is -5.44. The summed E-state index contributed by atoms with van der Waals surface area (Å²) in [6, 6.07) is 1.16. The van der Waals surface area contributed by atoms with E-state index in [1.807, 2.05) is 13.8 Å². The van der Waals surface area contributed by atoms with Gasteiger partial charge in [0.05, 0.1) is 56.2 Å². The Labute approximate surface area is 578 Å². The van der Waals surface area contributed by atoms with Crippen molar-refractivity contribution in [1.29, 1.82) is 0 Å². The highest BCUT2D eigenvalue weighted by Crippen LogP contribution is 2.29. The van der Waals surface area contributed by atoms with E-state index in [4.69, 9.17) is 21.9 Å². The molecule has 31 nitrogen and oxygen atoms in total.